The van der Waals surface area contributed by atoms with Gasteiger partial charge in [0.05, 0.1) is 0 Å². The van der Waals surface area contributed by atoms with Crippen LogP contribution in [0.4, 0.5) is 0 Å². The number of hydrogen-bond donors (Lipinski definition) is 0. The van der Waals surface area contributed by atoms with Gasteiger partial charge in [-0.25, -0.2) is 0 Å². The molecular weight excluding hydrogens is 234 g/mol. The molecule has 2 unspecified atom stereocenters. The Kier molecular flexibility index (Phi) is 5.08. The highest BCUT2D eigenvalue weighted by Crippen LogP contribution is 2.45. The molecular formula is C17H33NO. The first-order valence-corrected chi connectivity index (χ1v) is 7.85. The van der Waals surface area contributed by atoms with Gasteiger partial charge in [-0.05, 0) is 35.5 Å². The van der Waals surface area contributed by atoms with Crippen molar-refractivity contribution in [2.45, 2.75) is 67.7 Å². The van der Waals surface area contributed by atoms with Crippen molar-refractivity contribution in [2.75, 3.05) is 13.1 Å². The zero-order chi connectivity index (χ0) is 14.8. The van der Waals surface area contributed by atoms with E-state index in [-0.39, 0.29) is 10.8 Å². The Morgan fingerprint density at radius 2 is 1.58 bits per heavy atom. The first-order chi connectivity index (χ1) is 8.57. The van der Waals surface area contributed by atoms with Gasteiger partial charge in [-0.2, -0.15) is 0 Å². The second-order valence-electron chi connectivity index (χ2n) is 8.32. The maximum atomic E-state index is 12.3. The minimum atomic E-state index is 0.258. The summed E-state index contributed by atoms with van der Waals surface area (Å²) in [5.41, 5.74) is 0.537. The van der Waals surface area contributed by atoms with Gasteiger partial charge in [-0.15, -0.1) is 0 Å². The van der Waals surface area contributed by atoms with E-state index >= 15 is 0 Å². The Labute approximate surface area is 119 Å². The molecule has 0 aliphatic carbocycles. The minimum Gasteiger partial charge on any atom is -0.342 e. The molecule has 2 atom stereocenters. The molecule has 1 amide bonds. The fourth-order valence-corrected chi connectivity index (χ4v) is 3.50. The molecule has 0 aromatic carbocycles. The summed E-state index contributed by atoms with van der Waals surface area (Å²) in [6.45, 7) is 18.0. The third-order valence-electron chi connectivity index (χ3n) is 4.64. The fraction of sp³-hybridized carbons (Fsp3) is 0.941. The molecule has 1 saturated heterocycles. The molecule has 0 N–H and O–H groups in total. The van der Waals surface area contributed by atoms with E-state index < -0.39 is 0 Å². The van der Waals surface area contributed by atoms with E-state index in [0.29, 0.717) is 17.7 Å². The molecule has 0 bridgehead atoms. The lowest BCUT2D eigenvalue weighted by Gasteiger charge is -2.43. The molecule has 1 fully saturated rings. The molecule has 2 nitrogen and oxygen atoms in total. The van der Waals surface area contributed by atoms with Crippen LogP contribution in [-0.2, 0) is 4.79 Å². The number of hydrogen-bond acceptors (Lipinski definition) is 1. The van der Waals surface area contributed by atoms with Crippen LogP contribution in [0.5, 0.6) is 0 Å². The van der Waals surface area contributed by atoms with E-state index in [1.54, 1.807) is 0 Å². The maximum absolute atomic E-state index is 12.3. The van der Waals surface area contributed by atoms with Crippen molar-refractivity contribution in [2.24, 2.45) is 22.7 Å². The normalized spacial score (nSPS) is 26.5. The third kappa shape index (κ3) is 4.22. The molecule has 19 heavy (non-hydrogen) atoms. The van der Waals surface area contributed by atoms with Crippen LogP contribution >= 0.6 is 0 Å². The zero-order valence-corrected chi connectivity index (χ0v) is 14.0. The molecule has 0 radical (unpaired) electrons. The molecule has 112 valence electrons. The molecule has 0 aromatic rings. The predicted octanol–water partition coefficient (Wildman–Crippen LogP) is 4.34. The van der Waals surface area contributed by atoms with Crippen LogP contribution in [-0.4, -0.2) is 23.9 Å². The first kappa shape index (κ1) is 16.5. The highest BCUT2D eigenvalue weighted by molar-refractivity contribution is 5.76. The van der Waals surface area contributed by atoms with E-state index in [2.05, 4.69) is 53.4 Å². The van der Waals surface area contributed by atoms with E-state index in [9.17, 15) is 4.79 Å². The zero-order valence-electron chi connectivity index (χ0n) is 14.0. The van der Waals surface area contributed by atoms with Gasteiger partial charge in [0.2, 0.25) is 5.91 Å². The van der Waals surface area contributed by atoms with Gasteiger partial charge in [0, 0.05) is 19.5 Å². The number of nitrogens with zero attached hydrogens (tertiary/aromatic N) is 1. The van der Waals surface area contributed by atoms with Gasteiger partial charge in [0.1, 0.15) is 0 Å². The van der Waals surface area contributed by atoms with E-state index in [1.165, 1.54) is 0 Å². The van der Waals surface area contributed by atoms with Crippen LogP contribution in [0.1, 0.15) is 67.7 Å². The molecule has 1 rings (SSSR count). The van der Waals surface area contributed by atoms with Crippen molar-refractivity contribution in [1.82, 2.24) is 4.90 Å². The number of carbonyl (C=O) groups excluding carboxylic acids is 1. The Balaban J connectivity index is 3.04. The van der Waals surface area contributed by atoms with Gasteiger partial charge < -0.3 is 4.90 Å². The molecule has 2 heteroatoms. The van der Waals surface area contributed by atoms with Crippen molar-refractivity contribution in [3.8, 4) is 0 Å². The Morgan fingerprint density at radius 1 is 1.05 bits per heavy atom. The Morgan fingerprint density at radius 3 is 2.00 bits per heavy atom. The van der Waals surface area contributed by atoms with Crippen LogP contribution in [0.15, 0.2) is 0 Å². The fourth-order valence-electron chi connectivity index (χ4n) is 3.50. The van der Waals surface area contributed by atoms with Crippen molar-refractivity contribution in [3.63, 3.8) is 0 Å². The summed E-state index contributed by atoms with van der Waals surface area (Å²) >= 11 is 0. The molecule has 1 aliphatic rings. The monoisotopic (exact) mass is 267 g/mol. The van der Waals surface area contributed by atoms with Gasteiger partial charge in [-0.1, -0.05) is 48.5 Å². The molecule has 1 heterocycles. The van der Waals surface area contributed by atoms with Crippen molar-refractivity contribution in [1.29, 1.82) is 0 Å². The Bertz CT molecular complexity index is 308. The van der Waals surface area contributed by atoms with Crippen LogP contribution in [0.3, 0.4) is 0 Å². The average molecular weight is 267 g/mol. The Hall–Kier alpha value is -0.530. The number of amides is 1. The summed E-state index contributed by atoms with van der Waals surface area (Å²) in [6.07, 6.45) is 2.84. The second-order valence-corrected chi connectivity index (χ2v) is 8.32. The average Bonchev–Trinajstić information content (AvgIpc) is 2.38. The summed E-state index contributed by atoms with van der Waals surface area (Å²) < 4.78 is 0. The quantitative estimate of drug-likeness (QED) is 0.728. The topological polar surface area (TPSA) is 20.3 Å². The summed E-state index contributed by atoms with van der Waals surface area (Å²) in [4.78, 5) is 14.4. The summed E-state index contributed by atoms with van der Waals surface area (Å²) in [7, 11) is 0. The summed E-state index contributed by atoms with van der Waals surface area (Å²) in [6, 6.07) is 0. The van der Waals surface area contributed by atoms with E-state index in [1.807, 2.05) is 0 Å². The van der Waals surface area contributed by atoms with Crippen LogP contribution in [0, 0.1) is 22.7 Å². The summed E-state index contributed by atoms with van der Waals surface area (Å²) in [5.74, 6) is 1.58. The lowest BCUT2D eigenvalue weighted by molar-refractivity contribution is -0.131. The standard InChI is InChI=1S/C17H33NO/c1-8-11-18-12-14(17(5,6)7)13(16(2,3)4)9-10-15(18)19/h13-14H,8-12H2,1-7H3. The predicted molar refractivity (Wildman–Crippen MR) is 82.0 cm³/mol. The van der Waals surface area contributed by atoms with Gasteiger partial charge in [-0.3, -0.25) is 4.79 Å². The van der Waals surface area contributed by atoms with Crippen molar-refractivity contribution in [3.05, 3.63) is 0 Å². The molecule has 0 saturated carbocycles. The number of likely N-dealkylation sites (tertiary alicyclic amines) is 1. The highest BCUT2D eigenvalue weighted by atomic mass is 16.2. The van der Waals surface area contributed by atoms with Gasteiger partial charge in [0.15, 0.2) is 0 Å². The van der Waals surface area contributed by atoms with Crippen molar-refractivity contribution >= 4 is 5.91 Å². The van der Waals surface area contributed by atoms with Gasteiger partial charge in [0.25, 0.3) is 0 Å². The highest BCUT2D eigenvalue weighted by Gasteiger charge is 2.42. The van der Waals surface area contributed by atoms with Crippen LogP contribution < -0.4 is 0 Å². The molecule has 1 aliphatic heterocycles. The first-order valence-electron chi connectivity index (χ1n) is 7.85. The molecule has 0 spiro atoms. The van der Waals surface area contributed by atoms with Crippen LogP contribution in [0.2, 0.25) is 0 Å². The maximum Gasteiger partial charge on any atom is 0.222 e. The SMILES string of the molecule is CCCN1CC(C(C)(C)C)C(C(C)(C)C)CCC1=O. The lowest BCUT2D eigenvalue weighted by Crippen LogP contribution is -2.42. The molecule has 0 aromatic heterocycles. The smallest absolute Gasteiger partial charge is 0.222 e. The van der Waals surface area contributed by atoms with E-state index in [0.717, 1.165) is 32.4 Å². The number of carbonyl (C=O) groups is 1. The lowest BCUT2D eigenvalue weighted by atomic mass is 9.63. The minimum absolute atomic E-state index is 0.258. The second kappa shape index (κ2) is 5.85. The third-order valence-corrected chi connectivity index (χ3v) is 4.64. The van der Waals surface area contributed by atoms with Crippen LogP contribution in [0.25, 0.3) is 0 Å². The van der Waals surface area contributed by atoms with Crippen molar-refractivity contribution < 1.29 is 4.79 Å². The van der Waals surface area contributed by atoms with E-state index in [4.69, 9.17) is 0 Å². The number of rotatable bonds is 2. The largest absolute Gasteiger partial charge is 0.342 e. The summed E-state index contributed by atoms with van der Waals surface area (Å²) in [5, 5.41) is 0. The van der Waals surface area contributed by atoms with Gasteiger partial charge >= 0.3 is 0 Å².